The molecule has 1 aromatic carbocycles. The third-order valence-corrected chi connectivity index (χ3v) is 1.99. The summed E-state index contributed by atoms with van der Waals surface area (Å²) >= 11 is 0. The molecule has 0 spiro atoms. The maximum absolute atomic E-state index is 13.0. The van der Waals surface area contributed by atoms with E-state index >= 15 is 0 Å². The molecule has 2 amide bonds. The predicted octanol–water partition coefficient (Wildman–Crippen LogP) is 1.39. The molecule has 0 aliphatic rings. The van der Waals surface area contributed by atoms with Crippen molar-refractivity contribution < 1.29 is 28.4 Å². The molecule has 0 aliphatic carbocycles. The molecule has 9 heteroatoms. The van der Waals surface area contributed by atoms with Gasteiger partial charge >= 0.3 is 11.8 Å². The number of hydrogen-bond acceptors (Lipinski definition) is 6. The van der Waals surface area contributed by atoms with E-state index in [1.165, 1.54) is 0 Å². The number of alkyl carbamates (subject to hydrolysis) is 1. The molecular formula is C11H11FN2O6. The Balaban J connectivity index is 2.65. The van der Waals surface area contributed by atoms with Gasteiger partial charge < -0.3 is 9.47 Å². The lowest BCUT2D eigenvalue weighted by atomic mass is 10.3. The number of amides is 2. The van der Waals surface area contributed by atoms with Gasteiger partial charge in [0.15, 0.2) is 6.61 Å². The lowest BCUT2D eigenvalue weighted by molar-refractivity contribution is -0.385. The van der Waals surface area contributed by atoms with Crippen LogP contribution in [0.2, 0.25) is 0 Å². The Morgan fingerprint density at radius 1 is 1.45 bits per heavy atom. The Labute approximate surface area is 112 Å². The van der Waals surface area contributed by atoms with Crippen molar-refractivity contribution in [3.8, 4) is 5.75 Å². The molecule has 0 heterocycles. The van der Waals surface area contributed by atoms with Crippen LogP contribution in [0.4, 0.5) is 14.9 Å². The number of carbonyl (C=O) groups excluding carboxylic acids is 2. The maximum Gasteiger partial charge on any atom is 0.413 e. The van der Waals surface area contributed by atoms with E-state index in [1.54, 1.807) is 6.92 Å². The highest BCUT2D eigenvalue weighted by atomic mass is 19.1. The standard InChI is InChI=1S/C11H11FN2O6/c1-2-19-11(16)13-10(15)6-20-9-5-7(12)3-4-8(9)14(17)18/h3-5H,2,6H2,1H3,(H,13,15,16). The zero-order chi connectivity index (χ0) is 15.1. The van der Waals surface area contributed by atoms with Crippen molar-refractivity contribution in [2.24, 2.45) is 0 Å². The predicted molar refractivity (Wildman–Crippen MR) is 63.7 cm³/mol. The van der Waals surface area contributed by atoms with Crippen LogP contribution in [-0.4, -0.2) is 30.1 Å². The summed E-state index contributed by atoms with van der Waals surface area (Å²) in [6.07, 6.45) is -0.963. The normalized spacial score (nSPS) is 9.70. The Kier molecular flexibility index (Phi) is 5.39. The number of nitrogens with zero attached hydrogens (tertiary/aromatic N) is 1. The van der Waals surface area contributed by atoms with Gasteiger partial charge in [0, 0.05) is 12.1 Å². The third-order valence-electron chi connectivity index (χ3n) is 1.99. The molecule has 20 heavy (non-hydrogen) atoms. The quantitative estimate of drug-likeness (QED) is 0.647. The summed E-state index contributed by atoms with van der Waals surface area (Å²) in [5, 5.41) is 12.5. The molecule has 0 radical (unpaired) electrons. The number of nitro benzene ring substituents is 1. The Morgan fingerprint density at radius 2 is 2.15 bits per heavy atom. The van der Waals surface area contributed by atoms with Gasteiger partial charge in [0.2, 0.25) is 5.75 Å². The molecule has 0 saturated heterocycles. The minimum absolute atomic E-state index is 0.0787. The van der Waals surface area contributed by atoms with E-state index in [1.807, 2.05) is 5.32 Å². The zero-order valence-electron chi connectivity index (χ0n) is 10.4. The lowest BCUT2D eigenvalue weighted by Gasteiger charge is -2.07. The first-order chi connectivity index (χ1) is 9.43. The second kappa shape index (κ2) is 7.02. The number of nitrogens with one attached hydrogen (secondary N) is 1. The summed E-state index contributed by atoms with van der Waals surface area (Å²) in [6, 6.07) is 2.58. The average Bonchev–Trinajstić information content (AvgIpc) is 2.36. The summed E-state index contributed by atoms with van der Waals surface area (Å²) in [5.41, 5.74) is -0.490. The number of imide groups is 1. The average molecular weight is 286 g/mol. The fraction of sp³-hybridized carbons (Fsp3) is 0.273. The number of halogens is 1. The smallest absolute Gasteiger partial charge is 0.413 e. The van der Waals surface area contributed by atoms with Gasteiger partial charge in [-0.3, -0.25) is 20.2 Å². The van der Waals surface area contributed by atoms with Crippen LogP contribution >= 0.6 is 0 Å². The third kappa shape index (κ3) is 4.52. The van der Waals surface area contributed by atoms with E-state index in [-0.39, 0.29) is 6.61 Å². The van der Waals surface area contributed by atoms with Gasteiger partial charge in [0.05, 0.1) is 11.5 Å². The molecule has 0 aliphatic heterocycles. The number of nitro groups is 1. The van der Waals surface area contributed by atoms with Crippen molar-refractivity contribution in [2.45, 2.75) is 6.92 Å². The number of carbonyl (C=O) groups is 2. The second-order valence-electron chi connectivity index (χ2n) is 3.43. The van der Waals surface area contributed by atoms with Gasteiger partial charge in [-0.25, -0.2) is 9.18 Å². The van der Waals surface area contributed by atoms with Crippen LogP contribution in [0.1, 0.15) is 6.92 Å². The molecule has 0 fully saturated rings. The van der Waals surface area contributed by atoms with Crippen LogP contribution in [0.5, 0.6) is 5.75 Å². The van der Waals surface area contributed by atoms with Crippen LogP contribution in [0.15, 0.2) is 18.2 Å². The monoisotopic (exact) mass is 286 g/mol. The van der Waals surface area contributed by atoms with Gasteiger partial charge in [0.1, 0.15) is 5.82 Å². The van der Waals surface area contributed by atoms with Crippen LogP contribution < -0.4 is 10.1 Å². The fourth-order valence-corrected chi connectivity index (χ4v) is 1.21. The van der Waals surface area contributed by atoms with Crippen LogP contribution in [0.3, 0.4) is 0 Å². The highest BCUT2D eigenvalue weighted by Crippen LogP contribution is 2.27. The first-order valence-electron chi connectivity index (χ1n) is 5.47. The molecule has 1 N–H and O–H groups in total. The van der Waals surface area contributed by atoms with E-state index in [0.717, 1.165) is 18.2 Å². The molecule has 0 saturated carbocycles. The Hall–Kier alpha value is -2.71. The van der Waals surface area contributed by atoms with Crippen molar-refractivity contribution >= 4 is 17.7 Å². The molecule has 0 bridgehead atoms. The minimum atomic E-state index is -0.963. The molecule has 1 aromatic rings. The van der Waals surface area contributed by atoms with Crippen LogP contribution in [-0.2, 0) is 9.53 Å². The summed E-state index contributed by atoms with van der Waals surface area (Å²) in [6.45, 7) is 0.940. The van der Waals surface area contributed by atoms with Gasteiger partial charge in [0.25, 0.3) is 5.91 Å². The van der Waals surface area contributed by atoms with Gasteiger partial charge in [-0.1, -0.05) is 0 Å². The number of hydrogen-bond donors (Lipinski definition) is 1. The summed E-state index contributed by atoms with van der Waals surface area (Å²) in [5.74, 6) is -2.03. The Bertz CT molecular complexity index is 534. The number of rotatable bonds is 5. The van der Waals surface area contributed by atoms with Crippen molar-refractivity contribution in [2.75, 3.05) is 13.2 Å². The van der Waals surface area contributed by atoms with E-state index in [9.17, 15) is 24.1 Å². The summed E-state index contributed by atoms with van der Waals surface area (Å²) in [4.78, 5) is 32.1. The maximum atomic E-state index is 13.0. The largest absolute Gasteiger partial charge is 0.477 e. The molecule has 1 rings (SSSR count). The van der Waals surface area contributed by atoms with Crippen molar-refractivity contribution in [3.63, 3.8) is 0 Å². The minimum Gasteiger partial charge on any atom is -0.477 e. The first kappa shape index (κ1) is 15.3. The summed E-state index contributed by atoms with van der Waals surface area (Å²) in [7, 11) is 0. The van der Waals surface area contributed by atoms with E-state index in [0.29, 0.717) is 0 Å². The van der Waals surface area contributed by atoms with E-state index in [4.69, 9.17) is 4.74 Å². The van der Waals surface area contributed by atoms with Crippen molar-refractivity contribution in [1.82, 2.24) is 5.32 Å². The number of ether oxygens (including phenoxy) is 2. The fourth-order valence-electron chi connectivity index (χ4n) is 1.21. The molecule has 8 nitrogen and oxygen atoms in total. The van der Waals surface area contributed by atoms with Crippen molar-refractivity contribution in [1.29, 1.82) is 0 Å². The van der Waals surface area contributed by atoms with E-state index in [2.05, 4.69) is 4.74 Å². The molecule has 0 unspecified atom stereocenters. The molecule has 108 valence electrons. The second-order valence-corrected chi connectivity index (χ2v) is 3.43. The van der Waals surface area contributed by atoms with Crippen LogP contribution in [0, 0.1) is 15.9 Å². The lowest BCUT2D eigenvalue weighted by Crippen LogP contribution is -2.34. The van der Waals surface area contributed by atoms with E-state index < -0.39 is 40.8 Å². The topological polar surface area (TPSA) is 108 Å². The molecule has 0 aromatic heterocycles. The number of benzene rings is 1. The van der Waals surface area contributed by atoms with Crippen LogP contribution in [0.25, 0.3) is 0 Å². The first-order valence-corrected chi connectivity index (χ1v) is 5.47. The molecule has 0 atom stereocenters. The van der Waals surface area contributed by atoms with Gasteiger partial charge in [-0.05, 0) is 13.0 Å². The van der Waals surface area contributed by atoms with Crippen molar-refractivity contribution in [3.05, 3.63) is 34.1 Å². The summed E-state index contributed by atoms with van der Waals surface area (Å²) < 4.78 is 22.2. The SMILES string of the molecule is CCOC(=O)NC(=O)COc1cc(F)ccc1[N+](=O)[O-]. The molecular weight excluding hydrogens is 275 g/mol. The Morgan fingerprint density at radius 3 is 2.75 bits per heavy atom. The highest BCUT2D eigenvalue weighted by molar-refractivity contribution is 5.92. The zero-order valence-corrected chi connectivity index (χ0v) is 10.4. The highest BCUT2D eigenvalue weighted by Gasteiger charge is 2.17. The van der Waals surface area contributed by atoms with Gasteiger partial charge in [-0.2, -0.15) is 0 Å². The van der Waals surface area contributed by atoms with Gasteiger partial charge in [-0.15, -0.1) is 0 Å².